The monoisotopic (exact) mass is 380 g/mol. The Bertz CT molecular complexity index is 718. The Kier molecular flexibility index (Phi) is 5.42. The van der Waals surface area contributed by atoms with Crippen LogP contribution in [-0.2, 0) is 4.79 Å². The minimum Gasteiger partial charge on any atom is -0.497 e. The van der Waals surface area contributed by atoms with Gasteiger partial charge in [-0.3, -0.25) is 9.69 Å². The van der Waals surface area contributed by atoms with Crippen LogP contribution in [0, 0.1) is 0 Å². The molecule has 7 heteroatoms. The van der Waals surface area contributed by atoms with E-state index in [-0.39, 0.29) is 5.91 Å². The molecule has 1 saturated heterocycles. The molecule has 24 heavy (non-hydrogen) atoms. The molecule has 0 N–H and O–H groups in total. The number of thioether (sulfide) groups is 2. The van der Waals surface area contributed by atoms with E-state index in [1.807, 2.05) is 19.1 Å². The van der Waals surface area contributed by atoms with E-state index in [2.05, 4.69) is 17.9 Å². The smallest absolute Gasteiger partial charge is 0.268 e. The summed E-state index contributed by atoms with van der Waals surface area (Å²) in [5.74, 6) is 0.856. The van der Waals surface area contributed by atoms with Gasteiger partial charge in [0.15, 0.2) is 0 Å². The lowest BCUT2D eigenvalue weighted by atomic mass is 10.2. The van der Waals surface area contributed by atoms with Crippen molar-refractivity contribution in [2.24, 2.45) is 0 Å². The maximum atomic E-state index is 12.7. The Labute approximate surface area is 156 Å². The molecule has 4 nitrogen and oxygen atoms in total. The summed E-state index contributed by atoms with van der Waals surface area (Å²) >= 11 is 8.43. The number of hydrogen-bond acceptors (Lipinski definition) is 6. The first kappa shape index (κ1) is 17.6. The minimum absolute atomic E-state index is 0.0243. The lowest BCUT2D eigenvalue weighted by Crippen LogP contribution is -2.28. The van der Waals surface area contributed by atoms with E-state index >= 15 is 0 Å². The second kappa shape index (κ2) is 7.37. The number of benzene rings is 1. The summed E-state index contributed by atoms with van der Waals surface area (Å²) in [7, 11) is 1.67. The third-order valence-corrected chi connectivity index (χ3v) is 6.75. The second-order valence-corrected chi connectivity index (χ2v) is 8.17. The van der Waals surface area contributed by atoms with Crippen LogP contribution in [0.15, 0.2) is 33.0 Å². The molecule has 0 atom stereocenters. The van der Waals surface area contributed by atoms with E-state index in [4.69, 9.17) is 17.0 Å². The first-order chi connectivity index (χ1) is 11.6. The Morgan fingerprint density at radius 3 is 2.62 bits per heavy atom. The highest BCUT2D eigenvalue weighted by molar-refractivity contribution is 8.27. The molecule has 0 bridgehead atoms. The Balaban J connectivity index is 2.03. The zero-order valence-corrected chi connectivity index (χ0v) is 16.4. The van der Waals surface area contributed by atoms with Crippen LogP contribution in [0.25, 0.3) is 0 Å². The van der Waals surface area contributed by atoms with Crippen LogP contribution in [0.4, 0.5) is 5.69 Å². The van der Waals surface area contributed by atoms with Crippen LogP contribution in [0.1, 0.15) is 26.7 Å². The fourth-order valence-electron chi connectivity index (χ4n) is 2.70. The molecule has 3 rings (SSSR count). The average Bonchev–Trinajstić information content (AvgIpc) is 3.08. The van der Waals surface area contributed by atoms with Gasteiger partial charge in [0.2, 0.25) is 0 Å². The summed E-state index contributed by atoms with van der Waals surface area (Å²) in [6.45, 7) is 5.62. The van der Waals surface area contributed by atoms with Crippen LogP contribution in [0.2, 0.25) is 0 Å². The standard InChI is InChI=1S/C17H20N2O2S3/c1-4-6-9-19-12-10-11(21-3)7-8-13(12)23-16(19)14-15(20)18(5-2)17(22)24-14/h7-8,10H,4-6,9H2,1-3H3/b16-14-. The van der Waals surface area contributed by atoms with Gasteiger partial charge in [0.1, 0.15) is 20.0 Å². The predicted octanol–water partition coefficient (Wildman–Crippen LogP) is 4.46. The number of fused-ring (bicyclic) bond motifs is 1. The van der Waals surface area contributed by atoms with Gasteiger partial charge in [-0.25, -0.2) is 0 Å². The number of carbonyl (C=O) groups excluding carboxylic acids is 1. The first-order valence-electron chi connectivity index (χ1n) is 8.02. The highest BCUT2D eigenvalue weighted by Gasteiger charge is 2.38. The number of hydrogen-bond donors (Lipinski definition) is 0. The third kappa shape index (κ3) is 3.05. The van der Waals surface area contributed by atoms with E-state index in [0.29, 0.717) is 10.9 Å². The van der Waals surface area contributed by atoms with Crippen LogP contribution >= 0.6 is 35.7 Å². The van der Waals surface area contributed by atoms with Crippen molar-refractivity contribution < 1.29 is 9.53 Å². The van der Waals surface area contributed by atoms with Crippen molar-refractivity contribution in [3.63, 3.8) is 0 Å². The Hall–Kier alpha value is -1.18. The molecule has 2 aliphatic heterocycles. The number of unbranched alkanes of at least 4 members (excludes halogenated alkanes) is 1. The maximum Gasteiger partial charge on any atom is 0.268 e. The number of thiocarbonyl (C=S) groups is 1. The zero-order chi connectivity index (χ0) is 17.3. The highest BCUT2D eigenvalue weighted by Crippen LogP contribution is 2.51. The van der Waals surface area contributed by atoms with Crippen molar-refractivity contribution in [1.82, 2.24) is 4.90 Å². The number of methoxy groups -OCH3 is 1. The fourth-order valence-corrected chi connectivity index (χ4v) is 5.40. The predicted molar refractivity (Wildman–Crippen MR) is 106 cm³/mol. The van der Waals surface area contributed by atoms with Crippen molar-refractivity contribution >= 4 is 51.7 Å². The number of ether oxygens (including phenoxy) is 1. The average molecular weight is 381 g/mol. The number of likely N-dealkylation sites (N-methyl/N-ethyl adjacent to an activating group) is 1. The topological polar surface area (TPSA) is 32.8 Å². The molecule has 1 amide bonds. The SMILES string of the molecule is CCCCN1/C(=C2/SC(=S)N(CC)C2=O)Sc2ccc(OC)cc21. The van der Waals surface area contributed by atoms with Gasteiger partial charge in [0.05, 0.1) is 12.8 Å². The molecule has 2 heterocycles. The quantitative estimate of drug-likeness (QED) is 0.554. The Morgan fingerprint density at radius 2 is 2.00 bits per heavy atom. The molecule has 1 aromatic carbocycles. The minimum atomic E-state index is 0.0243. The van der Waals surface area contributed by atoms with Gasteiger partial charge in [-0.1, -0.05) is 49.1 Å². The van der Waals surface area contributed by atoms with Gasteiger partial charge in [-0.15, -0.1) is 0 Å². The van der Waals surface area contributed by atoms with Crippen molar-refractivity contribution in [3.05, 3.63) is 28.1 Å². The molecule has 0 spiro atoms. The van der Waals surface area contributed by atoms with E-state index < -0.39 is 0 Å². The lowest BCUT2D eigenvalue weighted by molar-refractivity contribution is -0.122. The summed E-state index contributed by atoms with van der Waals surface area (Å²) in [6, 6.07) is 6.07. The van der Waals surface area contributed by atoms with E-state index in [9.17, 15) is 4.79 Å². The number of rotatable bonds is 5. The molecule has 0 saturated carbocycles. The summed E-state index contributed by atoms with van der Waals surface area (Å²) in [6.07, 6.45) is 2.17. The molecule has 2 aliphatic rings. The Morgan fingerprint density at radius 1 is 1.21 bits per heavy atom. The molecular formula is C17H20N2O2S3. The van der Waals surface area contributed by atoms with Gasteiger partial charge >= 0.3 is 0 Å². The third-order valence-electron chi connectivity index (χ3n) is 4.00. The highest BCUT2D eigenvalue weighted by atomic mass is 32.2. The number of anilines is 1. The fraction of sp³-hybridized carbons (Fsp3) is 0.412. The molecule has 0 aliphatic carbocycles. The van der Waals surface area contributed by atoms with Gasteiger partial charge in [0, 0.05) is 24.1 Å². The maximum absolute atomic E-state index is 12.7. The lowest BCUT2D eigenvalue weighted by Gasteiger charge is -2.21. The summed E-state index contributed by atoms with van der Waals surface area (Å²) in [5, 5.41) is 1.00. The van der Waals surface area contributed by atoms with Crippen molar-refractivity contribution in [1.29, 1.82) is 0 Å². The van der Waals surface area contributed by atoms with Crippen molar-refractivity contribution in [2.45, 2.75) is 31.6 Å². The molecule has 0 aromatic heterocycles. The van der Waals surface area contributed by atoms with Crippen molar-refractivity contribution in [3.8, 4) is 5.75 Å². The van der Waals surface area contributed by atoms with Gasteiger partial charge in [0.25, 0.3) is 5.91 Å². The van der Waals surface area contributed by atoms with E-state index in [0.717, 1.165) is 45.7 Å². The van der Waals surface area contributed by atoms with Gasteiger partial charge < -0.3 is 9.64 Å². The molecule has 1 fully saturated rings. The van der Waals surface area contributed by atoms with Crippen LogP contribution in [0.5, 0.6) is 5.75 Å². The second-order valence-electron chi connectivity index (χ2n) is 5.49. The van der Waals surface area contributed by atoms with Gasteiger partial charge in [-0.2, -0.15) is 0 Å². The molecule has 1 aromatic rings. The molecular weight excluding hydrogens is 360 g/mol. The zero-order valence-electron chi connectivity index (χ0n) is 14.0. The first-order valence-corrected chi connectivity index (χ1v) is 10.1. The summed E-state index contributed by atoms with van der Waals surface area (Å²) < 4.78 is 6.02. The van der Waals surface area contributed by atoms with Gasteiger partial charge in [-0.05, 0) is 25.5 Å². The molecule has 0 unspecified atom stereocenters. The van der Waals surface area contributed by atoms with Crippen LogP contribution in [-0.4, -0.2) is 35.3 Å². The van der Waals surface area contributed by atoms with Crippen LogP contribution < -0.4 is 9.64 Å². The largest absolute Gasteiger partial charge is 0.497 e. The van der Waals surface area contributed by atoms with Crippen molar-refractivity contribution in [2.75, 3.05) is 25.1 Å². The van der Waals surface area contributed by atoms with E-state index in [1.165, 1.54) is 11.8 Å². The number of nitrogens with zero attached hydrogens (tertiary/aromatic N) is 2. The van der Waals surface area contributed by atoms with Crippen LogP contribution in [0.3, 0.4) is 0 Å². The van der Waals surface area contributed by atoms with E-state index in [1.54, 1.807) is 23.8 Å². The summed E-state index contributed by atoms with van der Waals surface area (Å²) in [4.78, 5) is 18.5. The molecule has 128 valence electrons. The molecule has 0 radical (unpaired) electrons. The number of carbonyl (C=O) groups is 1. The normalized spacial score (nSPS) is 20.1. The summed E-state index contributed by atoms with van der Waals surface area (Å²) in [5.41, 5.74) is 1.12. The number of amides is 1.